The number of rotatable bonds is 3. The number of hydrogen-bond acceptors (Lipinski definition) is 4. The number of aromatic carboxylic acids is 1. The molecule has 0 saturated carbocycles. The first-order chi connectivity index (χ1) is 8.58. The Morgan fingerprint density at radius 2 is 2.22 bits per heavy atom. The first kappa shape index (κ1) is 12.5. The molecule has 0 amide bonds. The van der Waals surface area contributed by atoms with Crippen LogP contribution in [0.1, 0.15) is 15.9 Å². The summed E-state index contributed by atoms with van der Waals surface area (Å²) in [5.74, 6) is -0.543. The zero-order valence-corrected chi connectivity index (χ0v) is 11.0. The number of carboxylic acid groups (broad SMARTS) is 1. The van der Waals surface area contributed by atoms with Crippen molar-refractivity contribution in [3.05, 3.63) is 46.3 Å². The van der Waals surface area contributed by atoms with Gasteiger partial charge in [0, 0.05) is 22.4 Å². The fourth-order valence-electron chi connectivity index (χ4n) is 1.38. The molecule has 18 heavy (non-hydrogen) atoms. The van der Waals surface area contributed by atoms with Crippen molar-refractivity contribution >= 4 is 21.9 Å². The summed E-state index contributed by atoms with van der Waals surface area (Å²) in [7, 11) is 0. The number of carboxylic acids is 1. The van der Waals surface area contributed by atoms with Crippen molar-refractivity contribution in [1.82, 2.24) is 9.97 Å². The summed E-state index contributed by atoms with van der Waals surface area (Å²) in [4.78, 5) is 18.9. The van der Waals surface area contributed by atoms with Crippen LogP contribution in [0.15, 0.2) is 35.2 Å². The molecule has 0 aromatic carbocycles. The topological polar surface area (TPSA) is 72.3 Å². The van der Waals surface area contributed by atoms with Crippen LogP contribution in [0.5, 0.6) is 11.6 Å². The van der Waals surface area contributed by atoms with Crippen LogP contribution in [0.25, 0.3) is 0 Å². The molecule has 5 nitrogen and oxygen atoms in total. The van der Waals surface area contributed by atoms with Gasteiger partial charge >= 0.3 is 5.97 Å². The summed E-state index contributed by atoms with van der Waals surface area (Å²) in [5, 5.41) is 9.02. The number of nitrogens with zero attached hydrogens (tertiary/aromatic N) is 2. The van der Waals surface area contributed by atoms with Gasteiger partial charge in [0.15, 0.2) is 5.75 Å². The minimum absolute atomic E-state index is 0.0501. The molecule has 0 spiro atoms. The van der Waals surface area contributed by atoms with Crippen molar-refractivity contribution in [3.8, 4) is 11.6 Å². The Labute approximate surface area is 112 Å². The van der Waals surface area contributed by atoms with Gasteiger partial charge in [-0.05, 0) is 35.0 Å². The van der Waals surface area contributed by atoms with E-state index in [-0.39, 0.29) is 11.3 Å². The van der Waals surface area contributed by atoms with E-state index in [0.29, 0.717) is 5.88 Å². The van der Waals surface area contributed by atoms with Crippen LogP contribution in [0.2, 0.25) is 0 Å². The lowest BCUT2D eigenvalue weighted by Gasteiger charge is -2.09. The second-order valence-electron chi connectivity index (χ2n) is 3.55. The molecule has 2 aromatic heterocycles. The second kappa shape index (κ2) is 5.14. The smallest absolute Gasteiger partial charge is 0.339 e. The number of halogens is 1. The highest BCUT2D eigenvalue weighted by molar-refractivity contribution is 9.10. The zero-order valence-electron chi connectivity index (χ0n) is 9.42. The van der Waals surface area contributed by atoms with Gasteiger partial charge in [0.05, 0.1) is 6.20 Å². The highest BCUT2D eigenvalue weighted by atomic mass is 79.9. The molecule has 0 aliphatic rings. The number of carbonyl (C=O) groups is 1. The molecule has 0 atom stereocenters. The van der Waals surface area contributed by atoms with Crippen LogP contribution in [0.4, 0.5) is 0 Å². The largest absolute Gasteiger partial charge is 0.478 e. The lowest BCUT2D eigenvalue weighted by atomic mass is 10.2. The third kappa shape index (κ3) is 2.65. The molecule has 0 saturated heterocycles. The minimum Gasteiger partial charge on any atom is -0.478 e. The highest BCUT2D eigenvalue weighted by Crippen LogP contribution is 2.26. The van der Waals surface area contributed by atoms with Crippen molar-refractivity contribution < 1.29 is 14.6 Å². The van der Waals surface area contributed by atoms with E-state index in [1.165, 1.54) is 18.5 Å². The Morgan fingerprint density at radius 3 is 2.89 bits per heavy atom. The van der Waals surface area contributed by atoms with Gasteiger partial charge in [-0.2, -0.15) is 0 Å². The van der Waals surface area contributed by atoms with Crippen LogP contribution in [0.3, 0.4) is 0 Å². The predicted octanol–water partition coefficient (Wildman–Crippen LogP) is 3.04. The molecular formula is C12H9BrN2O3. The molecule has 0 aliphatic carbocycles. The number of aryl methyl sites for hydroxylation is 1. The molecule has 0 radical (unpaired) electrons. The molecule has 2 heterocycles. The normalized spacial score (nSPS) is 10.1. The Morgan fingerprint density at radius 1 is 1.44 bits per heavy atom. The van der Waals surface area contributed by atoms with Crippen LogP contribution in [-0.4, -0.2) is 21.0 Å². The Balaban J connectivity index is 2.37. The Bertz CT molecular complexity index is 602. The highest BCUT2D eigenvalue weighted by Gasteiger charge is 2.13. The van der Waals surface area contributed by atoms with E-state index in [4.69, 9.17) is 9.84 Å². The first-order valence-electron chi connectivity index (χ1n) is 5.05. The quantitative estimate of drug-likeness (QED) is 0.943. The van der Waals surface area contributed by atoms with Crippen molar-refractivity contribution in [2.45, 2.75) is 6.92 Å². The van der Waals surface area contributed by atoms with Gasteiger partial charge in [-0.1, -0.05) is 0 Å². The first-order valence-corrected chi connectivity index (χ1v) is 5.84. The minimum atomic E-state index is -1.07. The van der Waals surface area contributed by atoms with Gasteiger partial charge in [0.1, 0.15) is 5.56 Å². The van der Waals surface area contributed by atoms with Crippen LogP contribution < -0.4 is 4.74 Å². The average Bonchev–Trinajstić information content (AvgIpc) is 2.33. The fraction of sp³-hybridized carbons (Fsp3) is 0.0833. The molecule has 0 unspecified atom stereocenters. The molecule has 2 aromatic rings. The third-order valence-corrected chi connectivity index (χ3v) is 2.65. The Hall–Kier alpha value is -1.95. The van der Waals surface area contributed by atoms with Crippen LogP contribution >= 0.6 is 15.9 Å². The molecule has 1 N–H and O–H groups in total. The lowest BCUT2D eigenvalue weighted by Crippen LogP contribution is -2.01. The van der Waals surface area contributed by atoms with Gasteiger partial charge in [0.25, 0.3) is 0 Å². The number of aromatic nitrogens is 2. The maximum atomic E-state index is 11.0. The maximum Gasteiger partial charge on any atom is 0.339 e. The summed E-state index contributed by atoms with van der Waals surface area (Å²) < 4.78 is 6.31. The molecule has 2 rings (SSSR count). The second-order valence-corrected chi connectivity index (χ2v) is 4.47. The molecular weight excluding hydrogens is 300 g/mol. The van der Waals surface area contributed by atoms with Gasteiger partial charge in [-0.3, -0.25) is 4.98 Å². The SMILES string of the molecule is Cc1cc(Br)cnc1Oc1cnccc1C(=O)O. The van der Waals surface area contributed by atoms with E-state index in [9.17, 15) is 4.79 Å². The van der Waals surface area contributed by atoms with Crippen molar-refractivity contribution in [2.24, 2.45) is 0 Å². The molecule has 0 aliphatic heterocycles. The molecule has 0 bridgehead atoms. The average molecular weight is 309 g/mol. The van der Waals surface area contributed by atoms with E-state index in [1.807, 2.05) is 13.0 Å². The number of hydrogen-bond donors (Lipinski definition) is 1. The van der Waals surface area contributed by atoms with Gasteiger partial charge in [-0.25, -0.2) is 9.78 Å². The molecule has 6 heteroatoms. The van der Waals surface area contributed by atoms with Crippen molar-refractivity contribution in [3.63, 3.8) is 0 Å². The summed E-state index contributed by atoms with van der Waals surface area (Å²) in [6, 6.07) is 3.21. The summed E-state index contributed by atoms with van der Waals surface area (Å²) in [6.07, 6.45) is 4.34. The molecule has 0 fully saturated rings. The zero-order chi connectivity index (χ0) is 13.1. The Kier molecular flexibility index (Phi) is 3.57. The summed E-state index contributed by atoms with van der Waals surface area (Å²) >= 11 is 3.29. The summed E-state index contributed by atoms with van der Waals surface area (Å²) in [5.41, 5.74) is 0.846. The molecule has 92 valence electrons. The number of pyridine rings is 2. The number of ether oxygens (including phenoxy) is 1. The standard InChI is InChI=1S/C12H9BrN2O3/c1-7-4-8(13)5-15-11(7)18-10-6-14-3-2-9(10)12(16)17/h2-6H,1H3,(H,16,17). The van der Waals surface area contributed by atoms with E-state index in [2.05, 4.69) is 25.9 Å². The summed E-state index contributed by atoms with van der Waals surface area (Å²) in [6.45, 7) is 1.82. The van der Waals surface area contributed by atoms with E-state index >= 15 is 0 Å². The third-order valence-electron chi connectivity index (χ3n) is 2.22. The predicted molar refractivity (Wildman–Crippen MR) is 67.9 cm³/mol. The van der Waals surface area contributed by atoms with Crippen molar-refractivity contribution in [1.29, 1.82) is 0 Å². The van der Waals surface area contributed by atoms with Crippen molar-refractivity contribution in [2.75, 3.05) is 0 Å². The van der Waals surface area contributed by atoms with E-state index in [1.54, 1.807) is 6.20 Å². The lowest BCUT2D eigenvalue weighted by molar-refractivity contribution is 0.0694. The van der Waals surface area contributed by atoms with Crippen LogP contribution in [0, 0.1) is 6.92 Å². The van der Waals surface area contributed by atoms with E-state index < -0.39 is 5.97 Å². The van der Waals surface area contributed by atoms with Crippen LogP contribution in [-0.2, 0) is 0 Å². The fourth-order valence-corrected chi connectivity index (χ4v) is 1.82. The van der Waals surface area contributed by atoms with Gasteiger partial charge in [0.2, 0.25) is 5.88 Å². The monoisotopic (exact) mass is 308 g/mol. The maximum absolute atomic E-state index is 11.0. The van der Waals surface area contributed by atoms with E-state index in [0.717, 1.165) is 10.0 Å². The van der Waals surface area contributed by atoms with Gasteiger partial charge < -0.3 is 9.84 Å². The van der Waals surface area contributed by atoms with Gasteiger partial charge in [-0.15, -0.1) is 0 Å².